The van der Waals surface area contributed by atoms with Crippen LogP contribution in [0.4, 0.5) is 23.2 Å². The third-order valence-corrected chi connectivity index (χ3v) is 7.08. The molecule has 0 atom stereocenters. The van der Waals surface area contributed by atoms with Crippen molar-refractivity contribution in [2.45, 2.75) is 18.4 Å². The van der Waals surface area contributed by atoms with E-state index in [1.165, 1.54) is 30.3 Å². The fourth-order valence-electron chi connectivity index (χ4n) is 3.44. The number of carbonyl (C=O) groups excluding carboxylic acids is 1. The lowest BCUT2D eigenvalue weighted by Crippen LogP contribution is -2.38. The summed E-state index contributed by atoms with van der Waals surface area (Å²) in [6.07, 6.45) is 0. The first-order valence-corrected chi connectivity index (χ1v) is 12.5. The molecule has 0 spiro atoms. The highest BCUT2D eigenvalue weighted by molar-refractivity contribution is 7.89. The van der Waals surface area contributed by atoms with E-state index in [2.05, 4.69) is 5.32 Å². The molecule has 3 rings (SSSR count). The van der Waals surface area contributed by atoms with Crippen molar-refractivity contribution in [3.8, 4) is 11.8 Å². The number of carboxylic acids is 1. The number of hydrogen-bond donors (Lipinski definition) is 2. The molecular formula is C25H19F4N3O6S. The van der Waals surface area contributed by atoms with E-state index in [9.17, 15) is 45.9 Å². The predicted molar refractivity (Wildman–Crippen MR) is 128 cm³/mol. The Morgan fingerprint density at radius 1 is 1.05 bits per heavy atom. The molecule has 0 saturated heterocycles. The second kappa shape index (κ2) is 11.9. The molecule has 0 aliphatic heterocycles. The van der Waals surface area contributed by atoms with E-state index in [0.29, 0.717) is 4.31 Å². The third-order valence-electron chi connectivity index (χ3n) is 5.29. The zero-order valence-electron chi connectivity index (χ0n) is 20.0. The highest BCUT2D eigenvalue weighted by Crippen LogP contribution is 2.29. The quantitative estimate of drug-likeness (QED) is 0.215. The van der Waals surface area contributed by atoms with Crippen molar-refractivity contribution in [1.82, 2.24) is 4.31 Å². The summed E-state index contributed by atoms with van der Waals surface area (Å²) in [6, 6.07) is 10.9. The number of benzene rings is 3. The Hall–Kier alpha value is -4.48. The predicted octanol–water partition coefficient (Wildman–Crippen LogP) is 4.04. The van der Waals surface area contributed by atoms with Crippen LogP contribution < -0.4 is 10.1 Å². The fraction of sp³-hybridized carbons (Fsp3) is 0.160. The summed E-state index contributed by atoms with van der Waals surface area (Å²) in [5.41, 5.74) is -0.130. The van der Waals surface area contributed by atoms with Gasteiger partial charge in [0.15, 0.2) is 23.3 Å². The molecule has 14 heteroatoms. The number of ether oxygens (including phenoxy) is 1. The first kappa shape index (κ1) is 29.1. The van der Waals surface area contributed by atoms with E-state index >= 15 is 0 Å². The number of anilines is 1. The van der Waals surface area contributed by atoms with Crippen molar-refractivity contribution in [2.24, 2.45) is 0 Å². The number of hydrogen-bond acceptors (Lipinski definition) is 6. The van der Waals surface area contributed by atoms with Crippen molar-refractivity contribution >= 4 is 27.6 Å². The number of carboxylic acid groups (broad SMARTS) is 1. The molecule has 0 aliphatic carbocycles. The first-order valence-electron chi connectivity index (χ1n) is 11.0. The van der Waals surface area contributed by atoms with Gasteiger partial charge in [0.2, 0.25) is 15.9 Å². The van der Waals surface area contributed by atoms with E-state index in [1.807, 2.05) is 6.07 Å². The van der Waals surface area contributed by atoms with Crippen LogP contribution in [0.15, 0.2) is 53.4 Å². The maximum Gasteiger partial charge on any atom is 0.335 e. The number of sulfonamides is 1. The number of halogens is 4. The van der Waals surface area contributed by atoms with Crippen LogP contribution in [0.2, 0.25) is 0 Å². The van der Waals surface area contributed by atoms with Crippen molar-refractivity contribution < 1.29 is 45.4 Å². The van der Waals surface area contributed by atoms with Crippen molar-refractivity contribution in [1.29, 1.82) is 5.26 Å². The molecule has 0 radical (unpaired) electrons. The molecule has 39 heavy (non-hydrogen) atoms. The van der Waals surface area contributed by atoms with E-state index in [4.69, 9.17) is 4.74 Å². The number of aromatic carboxylic acids is 1. The topological polar surface area (TPSA) is 137 Å². The molecule has 0 bridgehead atoms. The van der Waals surface area contributed by atoms with Gasteiger partial charge in [-0.25, -0.2) is 30.8 Å². The van der Waals surface area contributed by atoms with Gasteiger partial charge in [-0.1, -0.05) is 18.2 Å². The molecule has 204 valence electrons. The Labute approximate surface area is 219 Å². The van der Waals surface area contributed by atoms with Gasteiger partial charge in [0.05, 0.1) is 36.0 Å². The number of carbonyl (C=O) groups is 2. The molecule has 1 amide bonds. The molecule has 0 heterocycles. The molecule has 0 fully saturated rings. The third kappa shape index (κ3) is 6.33. The van der Waals surface area contributed by atoms with Crippen molar-refractivity contribution in [3.05, 3.63) is 88.5 Å². The highest BCUT2D eigenvalue weighted by Gasteiger charge is 2.34. The molecular weight excluding hydrogens is 546 g/mol. The van der Waals surface area contributed by atoms with E-state index < -0.39 is 63.2 Å². The summed E-state index contributed by atoms with van der Waals surface area (Å²) in [7, 11) is -5.21. The Bertz CT molecular complexity index is 1590. The molecule has 3 aromatic rings. The average molecular weight is 566 g/mol. The Balaban J connectivity index is 2.04. The van der Waals surface area contributed by atoms with Gasteiger partial charge in [0.1, 0.15) is 10.6 Å². The lowest BCUT2D eigenvalue weighted by Gasteiger charge is -2.23. The number of amides is 1. The van der Waals surface area contributed by atoms with Crippen LogP contribution in [0.3, 0.4) is 0 Å². The number of nitrogens with zero attached hydrogens (tertiary/aromatic N) is 2. The normalized spacial score (nSPS) is 11.2. The molecule has 2 N–H and O–H groups in total. The van der Waals surface area contributed by atoms with E-state index in [0.717, 1.165) is 12.1 Å². The summed E-state index contributed by atoms with van der Waals surface area (Å²) in [4.78, 5) is 22.6. The maximum atomic E-state index is 14.5. The van der Waals surface area contributed by atoms with Gasteiger partial charge in [0, 0.05) is 12.6 Å². The largest absolute Gasteiger partial charge is 0.492 e. The van der Waals surface area contributed by atoms with Gasteiger partial charge in [-0.15, -0.1) is 0 Å². The minimum absolute atomic E-state index is 0.00191. The smallest absolute Gasteiger partial charge is 0.335 e. The number of rotatable bonds is 10. The molecule has 3 aromatic carbocycles. The Morgan fingerprint density at radius 3 is 2.38 bits per heavy atom. The molecule has 0 aliphatic rings. The SMILES string of the molecule is CCOc1cc(C(=O)O)ccc1NC(=O)CN(Cc1ccccc1C#N)S(=O)(=O)c1cc(F)c(F)c(F)c1F. The lowest BCUT2D eigenvalue weighted by molar-refractivity contribution is -0.116. The summed E-state index contributed by atoms with van der Waals surface area (Å²) in [5.74, 6) is -11.1. The van der Waals surface area contributed by atoms with Gasteiger partial charge in [-0.2, -0.15) is 9.57 Å². The van der Waals surface area contributed by atoms with E-state index in [-0.39, 0.29) is 40.8 Å². The van der Waals surface area contributed by atoms with Crippen LogP contribution in [-0.4, -0.2) is 42.9 Å². The first-order chi connectivity index (χ1) is 18.4. The standard InChI is InChI=1S/C25H19F4N3O6S/c1-2-38-19-9-14(25(34)35)7-8-18(19)31-21(33)13-32(12-16-6-4-3-5-15(16)11-30)39(36,37)20-10-17(26)22(27)24(29)23(20)28/h3-10H,2,12-13H2,1H3,(H,31,33)(H,34,35). The lowest BCUT2D eigenvalue weighted by atomic mass is 10.1. The minimum atomic E-state index is -5.21. The second-order valence-electron chi connectivity index (χ2n) is 7.84. The van der Waals surface area contributed by atoms with Crippen LogP contribution in [0.5, 0.6) is 5.75 Å². The van der Waals surface area contributed by atoms with E-state index in [1.54, 1.807) is 6.92 Å². The van der Waals surface area contributed by atoms with Gasteiger partial charge < -0.3 is 15.2 Å². The molecule has 0 aromatic heterocycles. The Morgan fingerprint density at radius 2 is 1.74 bits per heavy atom. The Kier molecular flexibility index (Phi) is 8.89. The zero-order chi connectivity index (χ0) is 28.9. The van der Waals surface area contributed by atoms with Crippen LogP contribution in [-0.2, 0) is 21.4 Å². The van der Waals surface area contributed by atoms with Gasteiger partial charge in [-0.05, 0) is 36.8 Å². The summed E-state index contributed by atoms with van der Waals surface area (Å²) in [5, 5.41) is 20.9. The summed E-state index contributed by atoms with van der Waals surface area (Å²) >= 11 is 0. The second-order valence-corrected chi connectivity index (χ2v) is 9.74. The maximum absolute atomic E-state index is 14.5. The average Bonchev–Trinajstić information content (AvgIpc) is 2.90. The fourth-order valence-corrected chi connectivity index (χ4v) is 4.89. The molecule has 0 unspecified atom stereocenters. The molecule has 9 nitrogen and oxygen atoms in total. The number of nitrogens with one attached hydrogen (secondary N) is 1. The van der Waals surface area contributed by atoms with Crippen LogP contribution in [0, 0.1) is 34.6 Å². The minimum Gasteiger partial charge on any atom is -0.492 e. The molecule has 0 saturated carbocycles. The zero-order valence-corrected chi connectivity index (χ0v) is 20.9. The van der Waals surface area contributed by atoms with Crippen molar-refractivity contribution in [2.75, 3.05) is 18.5 Å². The van der Waals surface area contributed by atoms with Crippen LogP contribution in [0.1, 0.15) is 28.4 Å². The van der Waals surface area contributed by atoms with Gasteiger partial charge >= 0.3 is 5.97 Å². The monoisotopic (exact) mass is 565 g/mol. The van der Waals surface area contributed by atoms with Crippen LogP contribution in [0.25, 0.3) is 0 Å². The van der Waals surface area contributed by atoms with Gasteiger partial charge in [0.25, 0.3) is 0 Å². The number of nitriles is 1. The van der Waals surface area contributed by atoms with Crippen molar-refractivity contribution in [3.63, 3.8) is 0 Å². The van der Waals surface area contributed by atoms with Crippen LogP contribution >= 0.6 is 0 Å². The highest BCUT2D eigenvalue weighted by atomic mass is 32.2. The van der Waals surface area contributed by atoms with Gasteiger partial charge in [-0.3, -0.25) is 4.79 Å². The summed E-state index contributed by atoms with van der Waals surface area (Å²) < 4.78 is 88.1. The summed E-state index contributed by atoms with van der Waals surface area (Å²) in [6.45, 7) is -0.0991.